The highest BCUT2D eigenvalue weighted by Crippen LogP contribution is 2.32. The second-order valence-electron chi connectivity index (χ2n) is 6.20. The van der Waals surface area contributed by atoms with Crippen molar-refractivity contribution in [3.8, 4) is 0 Å². The van der Waals surface area contributed by atoms with Crippen LogP contribution in [-0.2, 0) is 0 Å². The van der Waals surface area contributed by atoms with Gasteiger partial charge in [0.25, 0.3) is 0 Å². The molecule has 2 rings (SSSR count). The number of halogens is 1. The Morgan fingerprint density at radius 2 is 2.05 bits per heavy atom. The molecule has 1 aromatic rings. The molecule has 2 nitrogen and oxygen atoms in total. The number of hydrogen-bond acceptors (Lipinski definition) is 2. The van der Waals surface area contributed by atoms with E-state index < -0.39 is 0 Å². The van der Waals surface area contributed by atoms with Gasteiger partial charge in [0.2, 0.25) is 0 Å². The molecule has 1 aliphatic rings. The van der Waals surface area contributed by atoms with Crippen molar-refractivity contribution in [2.24, 2.45) is 11.7 Å². The lowest BCUT2D eigenvalue weighted by Gasteiger charge is -2.40. The van der Waals surface area contributed by atoms with E-state index in [9.17, 15) is 4.39 Å². The van der Waals surface area contributed by atoms with Crippen LogP contribution in [-0.4, -0.2) is 24.5 Å². The Morgan fingerprint density at radius 3 is 2.70 bits per heavy atom. The van der Waals surface area contributed by atoms with Crippen LogP contribution in [0.3, 0.4) is 0 Å². The Labute approximate surface area is 122 Å². The van der Waals surface area contributed by atoms with Gasteiger partial charge in [-0.25, -0.2) is 4.39 Å². The van der Waals surface area contributed by atoms with E-state index in [1.807, 2.05) is 12.1 Å². The van der Waals surface area contributed by atoms with Gasteiger partial charge in [0, 0.05) is 12.1 Å². The Hall–Kier alpha value is -0.930. The number of nitrogens with zero attached hydrogens (tertiary/aromatic N) is 1. The van der Waals surface area contributed by atoms with Gasteiger partial charge in [-0.3, -0.25) is 4.90 Å². The van der Waals surface area contributed by atoms with Crippen molar-refractivity contribution in [2.75, 3.05) is 13.6 Å². The van der Waals surface area contributed by atoms with Crippen LogP contribution >= 0.6 is 0 Å². The highest BCUT2D eigenvalue weighted by molar-refractivity contribution is 5.25. The standard InChI is InChI=1S/C17H27FN2/c1-12-8-9-14(10-16(12)18)13(2)20(3)17-7-5-4-6-15(17)11-19/h8-10,13,15,17H,4-7,11,19H2,1-3H3. The second kappa shape index (κ2) is 6.68. The summed E-state index contributed by atoms with van der Waals surface area (Å²) in [4.78, 5) is 2.39. The van der Waals surface area contributed by atoms with Gasteiger partial charge in [0.15, 0.2) is 0 Å². The zero-order chi connectivity index (χ0) is 14.7. The third-order valence-corrected chi connectivity index (χ3v) is 4.98. The van der Waals surface area contributed by atoms with Gasteiger partial charge in [-0.1, -0.05) is 25.0 Å². The van der Waals surface area contributed by atoms with Crippen LogP contribution < -0.4 is 5.73 Å². The van der Waals surface area contributed by atoms with Crippen molar-refractivity contribution in [3.63, 3.8) is 0 Å². The number of rotatable bonds is 4. The molecule has 1 fully saturated rings. The lowest BCUT2D eigenvalue weighted by molar-refractivity contribution is 0.0988. The van der Waals surface area contributed by atoms with E-state index in [1.54, 1.807) is 13.0 Å². The molecular formula is C17H27FN2. The Bertz CT molecular complexity index is 447. The molecule has 0 aromatic heterocycles. The summed E-state index contributed by atoms with van der Waals surface area (Å²) in [6, 6.07) is 6.34. The molecule has 0 aliphatic heterocycles. The molecule has 1 saturated carbocycles. The maximum absolute atomic E-state index is 13.7. The lowest BCUT2D eigenvalue weighted by Crippen LogP contribution is -2.44. The fourth-order valence-corrected chi connectivity index (χ4v) is 3.39. The smallest absolute Gasteiger partial charge is 0.126 e. The van der Waals surface area contributed by atoms with Gasteiger partial charge >= 0.3 is 0 Å². The molecule has 1 aromatic carbocycles. The Morgan fingerprint density at radius 1 is 1.35 bits per heavy atom. The highest BCUT2D eigenvalue weighted by Gasteiger charge is 2.30. The summed E-state index contributed by atoms with van der Waals surface area (Å²) >= 11 is 0. The maximum Gasteiger partial charge on any atom is 0.126 e. The van der Waals surface area contributed by atoms with Crippen LogP contribution in [0.1, 0.15) is 49.8 Å². The molecule has 3 unspecified atom stereocenters. The van der Waals surface area contributed by atoms with E-state index in [0.29, 0.717) is 17.5 Å². The summed E-state index contributed by atoms with van der Waals surface area (Å²) in [5.41, 5.74) is 7.69. The Kier molecular flexibility index (Phi) is 5.17. The topological polar surface area (TPSA) is 29.3 Å². The van der Waals surface area contributed by atoms with Crippen molar-refractivity contribution in [1.29, 1.82) is 0 Å². The molecular weight excluding hydrogens is 251 g/mol. The van der Waals surface area contributed by atoms with Gasteiger partial charge in [0.1, 0.15) is 5.82 Å². The predicted molar refractivity (Wildman–Crippen MR) is 82.1 cm³/mol. The molecule has 3 heteroatoms. The summed E-state index contributed by atoms with van der Waals surface area (Å²) in [6.45, 7) is 4.72. The van der Waals surface area contributed by atoms with Gasteiger partial charge in [-0.15, -0.1) is 0 Å². The van der Waals surface area contributed by atoms with E-state index in [0.717, 1.165) is 12.1 Å². The molecule has 0 heterocycles. The van der Waals surface area contributed by atoms with E-state index in [4.69, 9.17) is 5.73 Å². The number of benzene rings is 1. The van der Waals surface area contributed by atoms with E-state index >= 15 is 0 Å². The zero-order valence-corrected chi connectivity index (χ0v) is 12.9. The van der Waals surface area contributed by atoms with Crippen LogP contribution in [0.25, 0.3) is 0 Å². The first-order valence-corrected chi connectivity index (χ1v) is 7.72. The van der Waals surface area contributed by atoms with Gasteiger partial charge in [0.05, 0.1) is 0 Å². The maximum atomic E-state index is 13.7. The predicted octanol–water partition coefficient (Wildman–Crippen LogP) is 3.64. The fourth-order valence-electron chi connectivity index (χ4n) is 3.39. The number of aryl methyl sites for hydroxylation is 1. The summed E-state index contributed by atoms with van der Waals surface area (Å²) in [7, 11) is 2.15. The zero-order valence-electron chi connectivity index (χ0n) is 12.9. The fraction of sp³-hybridized carbons (Fsp3) is 0.647. The van der Waals surface area contributed by atoms with Crippen molar-refractivity contribution < 1.29 is 4.39 Å². The number of hydrogen-bond donors (Lipinski definition) is 1. The Balaban J connectivity index is 2.14. The molecule has 1 aliphatic carbocycles. The summed E-state index contributed by atoms with van der Waals surface area (Å²) < 4.78 is 13.7. The largest absolute Gasteiger partial charge is 0.330 e. The molecule has 0 bridgehead atoms. The van der Waals surface area contributed by atoms with Gasteiger partial charge < -0.3 is 5.73 Å². The lowest BCUT2D eigenvalue weighted by atomic mass is 9.83. The van der Waals surface area contributed by atoms with Crippen LogP contribution in [0.4, 0.5) is 4.39 Å². The molecule has 0 amide bonds. The quantitative estimate of drug-likeness (QED) is 0.911. The highest BCUT2D eigenvalue weighted by atomic mass is 19.1. The van der Waals surface area contributed by atoms with E-state index in [1.165, 1.54) is 25.7 Å². The van der Waals surface area contributed by atoms with Crippen molar-refractivity contribution in [2.45, 2.75) is 51.6 Å². The first kappa shape index (κ1) is 15.5. The van der Waals surface area contributed by atoms with Crippen molar-refractivity contribution >= 4 is 0 Å². The number of nitrogens with two attached hydrogens (primary N) is 1. The van der Waals surface area contributed by atoms with Crippen LogP contribution in [0.5, 0.6) is 0 Å². The second-order valence-corrected chi connectivity index (χ2v) is 6.20. The van der Waals surface area contributed by atoms with Crippen molar-refractivity contribution in [3.05, 3.63) is 35.1 Å². The molecule has 0 spiro atoms. The minimum absolute atomic E-state index is 0.109. The summed E-state index contributed by atoms with van der Waals surface area (Å²) in [5.74, 6) is 0.466. The average Bonchev–Trinajstić information content (AvgIpc) is 2.48. The molecule has 112 valence electrons. The molecule has 0 saturated heterocycles. The van der Waals surface area contributed by atoms with Gasteiger partial charge in [-0.2, -0.15) is 0 Å². The minimum Gasteiger partial charge on any atom is -0.330 e. The van der Waals surface area contributed by atoms with Crippen LogP contribution in [0.2, 0.25) is 0 Å². The van der Waals surface area contributed by atoms with E-state index in [2.05, 4.69) is 18.9 Å². The molecule has 0 radical (unpaired) electrons. The summed E-state index contributed by atoms with van der Waals surface area (Å²) in [5, 5.41) is 0. The first-order valence-electron chi connectivity index (χ1n) is 7.72. The monoisotopic (exact) mass is 278 g/mol. The SMILES string of the molecule is Cc1ccc(C(C)N(C)C2CCCCC2CN)cc1F. The van der Waals surface area contributed by atoms with Gasteiger partial charge in [-0.05, 0) is 63.4 Å². The average molecular weight is 278 g/mol. The van der Waals surface area contributed by atoms with Crippen LogP contribution in [0, 0.1) is 18.7 Å². The molecule has 3 atom stereocenters. The van der Waals surface area contributed by atoms with Crippen molar-refractivity contribution in [1.82, 2.24) is 4.90 Å². The molecule has 2 N–H and O–H groups in total. The normalized spacial score (nSPS) is 24.9. The minimum atomic E-state index is -0.109. The van der Waals surface area contributed by atoms with E-state index in [-0.39, 0.29) is 11.9 Å². The van der Waals surface area contributed by atoms with Crippen LogP contribution in [0.15, 0.2) is 18.2 Å². The third kappa shape index (κ3) is 3.21. The third-order valence-electron chi connectivity index (χ3n) is 4.98. The first-order chi connectivity index (χ1) is 9.54. The molecule has 20 heavy (non-hydrogen) atoms. The summed E-state index contributed by atoms with van der Waals surface area (Å²) in [6.07, 6.45) is 5.00.